The van der Waals surface area contributed by atoms with E-state index in [0.717, 1.165) is 54.2 Å². The molecule has 2 aromatic carbocycles. The van der Waals surface area contributed by atoms with Gasteiger partial charge in [-0.25, -0.2) is 9.07 Å². The fourth-order valence-electron chi connectivity index (χ4n) is 4.65. The molecule has 1 saturated heterocycles. The third kappa shape index (κ3) is 4.21. The van der Waals surface area contributed by atoms with Crippen molar-refractivity contribution in [3.63, 3.8) is 0 Å². The summed E-state index contributed by atoms with van der Waals surface area (Å²) in [6, 6.07) is 15.6. The van der Waals surface area contributed by atoms with E-state index in [1.807, 2.05) is 26.8 Å². The van der Waals surface area contributed by atoms with Crippen molar-refractivity contribution in [2.45, 2.75) is 39.8 Å². The third-order valence-corrected chi connectivity index (χ3v) is 6.37. The maximum Gasteiger partial charge on any atom is 0.179 e. The highest BCUT2D eigenvalue weighted by molar-refractivity contribution is 5.92. The zero-order valence-electron chi connectivity index (χ0n) is 19.8. The quantitative estimate of drug-likeness (QED) is 0.443. The molecule has 0 amide bonds. The standard InChI is InChI=1S/C26H29FN6O/c1-4-34-21-10-11-23(22(27)14-21)33-18(3)24-17(2)29-30-26(25(24)31-33)32-13-12-20(16-32)28-15-19-8-6-5-7-9-19/h5-11,14,20,28H,4,12-13,15-16H2,1-3H3/t20-/m0/s1. The molecular formula is C26H29FN6O. The Morgan fingerprint density at radius 3 is 2.71 bits per heavy atom. The Kier molecular flexibility index (Phi) is 6.15. The summed E-state index contributed by atoms with van der Waals surface area (Å²) < 4.78 is 22.0. The molecule has 0 bridgehead atoms. The lowest BCUT2D eigenvalue weighted by Crippen LogP contribution is -2.32. The van der Waals surface area contributed by atoms with Crippen LogP contribution in [0, 0.1) is 19.7 Å². The van der Waals surface area contributed by atoms with E-state index in [9.17, 15) is 4.39 Å². The van der Waals surface area contributed by atoms with Gasteiger partial charge >= 0.3 is 0 Å². The molecule has 4 aromatic rings. The molecule has 0 aliphatic carbocycles. The highest BCUT2D eigenvalue weighted by atomic mass is 19.1. The number of hydrogen-bond donors (Lipinski definition) is 1. The highest BCUT2D eigenvalue weighted by Crippen LogP contribution is 2.32. The topological polar surface area (TPSA) is 68.1 Å². The molecule has 0 spiro atoms. The van der Waals surface area contributed by atoms with Gasteiger partial charge in [-0.2, -0.15) is 10.2 Å². The first-order valence-electron chi connectivity index (χ1n) is 11.7. The highest BCUT2D eigenvalue weighted by Gasteiger charge is 2.27. The second-order valence-electron chi connectivity index (χ2n) is 8.67. The minimum atomic E-state index is -0.381. The van der Waals surface area contributed by atoms with E-state index in [1.165, 1.54) is 11.6 Å². The van der Waals surface area contributed by atoms with Crippen molar-refractivity contribution in [2.24, 2.45) is 0 Å². The Hall–Kier alpha value is -3.52. The zero-order valence-corrected chi connectivity index (χ0v) is 19.8. The Balaban J connectivity index is 1.43. The molecular weight excluding hydrogens is 431 g/mol. The number of halogens is 1. The molecule has 0 saturated carbocycles. The van der Waals surface area contributed by atoms with E-state index >= 15 is 0 Å². The van der Waals surface area contributed by atoms with E-state index in [-0.39, 0.29) is 5.82 Å². The number of aryl methyl sites for hydroxylation is 2. The van der Waals surface area contributed by atoms with E-state index in [2.05, 4.69) is 44.7 Å². The fourth-order valence-corrected chi connectivity index (χ4v) is 4.65. The van der Waals surface area contributed by atoms with Crippen LogP contribution in [-0.4, -0.2) is 45.7 Å². The minimum absolute atomic E-state index is 0.352. The molecule has 0 radical (unpaired) electrons. The summed E-state index contributed by atoms with van der Waals surface area (Å²) in [7, 11) is 0. The summed E-state index contributed by atoms with van der Waals surface area (Å²) in [5.74, 6) is 0.871. The average molecular weight is 461 g/mol. The predicted molar refractivity (Wildman–Crippen MR) is 131 cm³/mol. The van der Waals surface area contributed by atoms with Crippen molar-refractivity contribution >= 4 is 16.7 Å². The lowest BCUT2D eigenvalue weighted by atomic mass is 10.2. The zero-order chi connectivity index (χ0) is 23.7. The number of anilines is 1. The van der Waals surface area contributed by atoms with Crippen LogP contribution in [0.3, 0.4) is 0 Å². The largest absolute Gasteiger partial charge is 0.494 e. The van der Waals surface area contributed by atoms with Crippen LogP contribution < -0.4 is 15.0 Å². The Bertz CT molecular complexity index is 1310. The number of rotatable bonds is 7. The van der Waals surface area contributed by atoms with Crippen molar-refractivity contribution in [2.75, 3.05) is 24.6 Å². The number of aromatic nitrogens is 4. The first kappa shape index (κ1) is 22.3. The summed E-state index contributed by atoms with van der Waals surface area (Å²) in [6.07, 6.45) is 1.01. The normalized spacial score (nSPS) is 15.9. The number of hydrogen-bond acceptors (Lipinski definition) is 6. The second kappa shape index (κ2) is 9.38. The van der Waals surface area contributed by atoms with Crippen LogP contribution in [-0.2, 0) is 6.54 Å². The van der Waals surface area contributed by atoms with E-state index in [0.29, 0.717) is 24.1 Å². The van der Waals surface area contributed by atoms with Crippen molar-refractivity contribution < 1.29 is 9.13 Å². The Morgan fingerprint density at radius 1 is 1.12 bits per heavy atom. The number of ether oxygens (including phenoxy) is 1. The second-order valence-corrected chi connectivity index (χ2v) is 8.67. The van der Waals surface area contributed by atoms with Crippen molar-refractivity contribution in [3.8, 4) is 11.4 Å². The molecule has 7 nitrogen and oxygen atoms in total. The van der Waals surface area contributed by atoms with Gasteiger partial charge in [0.1, 0.15) is 17.0 Å². The molecule has 176 valence electrons. The minimum Gasteiger partial charge on any atom is -0.494 e. The molecule has 1 N–H and O–H groups in total. The number of fused-ring (bicyclic) bond motifs is 1. The van der Waals surface area contributed by atoms with Gasteiger partial charge in [0, 0.05) is 31.7 Å². The van der Waals surface area contributed by atoms with Crippen LogP contribution in [0.1, 0.15) is 30.3 Å². The van der Waals surface area contributed by atoms with Gasteiger partial charge in [-0.3, -0.25) is 0 Å². The Labute approximate surface area is 198 Å². The number of benzene rings is 2. The summed E-state index contributed by atoms with van der Waals surface area (Å²) in [6.45, 7) is 8.74. The van der Waals surface area contributed by atoms with Gasteiger partial charge in [-0.1, -0.05) is 30.3 Å². The molecule has 34 heavy (non-hydrogen) atoms. The molecule has 3 heterocycles. The van der Waals surface area contributed by atoms with Crippen LogP contribution in [0.5, 0.6) is 5.75 Å². The van der Waals surface area contributed by atoms with Gasteiger partial charge in [-0.15, -0.1) is 5.10 Å². The van der Waals surface area contributed by atoms with Gasteiger partial charge in [0.05, 0.1) is 23.4 Å². The maximum atomic E-state index is 15.0. The molecule has 5 rings (SSSR count). The first-order chi connectivity index (χ1) is 16.5. The molecule has 1 atom stereocenters. The summed E-state index contributed by atoms with van der Waals surface area (Å²) in [4.78, 5) is 2.22. The van der Waals surface area contributed by atoms with E-state index in [1.54, 1.807) is 16.8 Å². The predicted octanol–water partition coefficient (Wildman–Crippen LogP) is 4.34. The summed E-state index contributed by atoms with van der Waals surface area (Å²) >= 11 is 0. The smallest absolute Gasteiger partial charge is 0.179 e. The van der Waals surface area contributed by atoms with Gasteiger partial charge in [0.15, 0.2) is 11.6 Å². The van der Waals surface area contributed by atoms with Gasteiger partial charge in [0.25, 0.3) is 0 Å². The lowest BCUT2D eigenvalue weighted by molar-refractivity contribution is 0.338. The van der Waals surface area contributed by atoms with Crippen molar-refractivity contribution in [1.82, 2.24) is 25.3 Å². The molecule has 0 unspecified atom stereocenters. The van der Waals surface area contributed by atoms with Gasteiger partial charge in [0.2, 0.25) is 0 Å². The van der Waals surface area contributed by atoms with Crippen LogP contribution in [0.15, 0.2) is 48.5 Å². The van der Waals surface area contributed by atoms with Gasteiger partial charge in [-0.05, 0) is 44.9 Å². The maximum absolute atomic E-state index is 15.0. The molecule has 2 aromatic heterocycles. The Morgan fingerprint density at radius 2 is 1.94 bits per heavy atom. The number of nitrogens with one attached hydrogen (secondary N) is 1. The van der Waals surface area contributed by atoms with Crippen molar-refractivity contribution in [3.05, 3.63) is 71.3 Å². The summed E-state index contributed by atoms with van der Waals surface area (Å²) in [5, 5.41) is 18.3. The molecule has 8 heteroatoms. The lowest BCUT2D eigenvalue weighted by Gasteiger charge is -2.18. The van der Waals surface area contributed by atoms with E-state index in [4.69, 9.17) is 9.84 Å². The number of nitrogens with zero attached hydrogens (tertiary/aromatic N) is 5. The monoisotopic (exact) mass is 460 g/mol. The van der Waals surface area contributed by atoms with Crippen LogP contribution in [0.4, 0.5) is 10.2 Å². The molecule has 1 fully saturated rings. The van der Waals surface area contributed by atoms with Crippen LogP contribution in [0.25, 0.3) is 16.6 Å². The first-order valence-corrected chi connectivity index (χ1v) is 11.7. The van der Waals surface area contributed by atoms with Crippen molar-refractivity contribution in [1.29, 1.82) is 0 Å². The van der Waals surface area contributed by atoms with Crippen LogP contribution >= 0.6 is 0 Å². The SMILES string of the molecule is CCOc1ccc(-n2nc3c(N4CC[C@H](NCc5ccccc5)C4)nnc(C)c3c2C)c(F)c1. The average Bonchev–Trinajstić information content (AvgIpc) is 3.44. The fraction of sp³-hybridized carbons (Fsp3) is 0.346. The molecule has 1 aliphatic heterocycles. The summed E-state index contributed by atoms with van der Waals surface area (Å²) in [5.41, 5.74) is 4.02. The van der Waals surface area contributed by atoms with Crippen LogP contribution in [0.2, 0.25) is 0 Å². The van der Waals surface area contributed by atoms with Gasteiger partial charge < -0.3 is 15.0 Å². The third-order valence-electron chi connectivity index (χ3n) is 6.37. The molecule has 1 aliphatic rings. The van der Waals surface area contributed by atoms with E-state index < -0.39 is 0 Å².